The van der Waals surface area contributed by atoms with E-state index in [2.05, 4.69) is 25.1 Å². The van der Waals surface area contributed by atoms with E-state index in [0.29, 0.717) is 0 Å². The van der Waals surface area contributed by atoms with Crippen LogP contribution in [0.4, 0.5) is 0 Å². The summed E-state index contributed by atoms with van der Waals surface area (Å²) in [6, 6.07) is 8.31. The molecule has 0 saturated heterocycles. The fourth-order valence-electron chi connectivity index (χ4n) is 6.75. The first-order valence-electron chi connectivity index (χ1n) is 18.1. The van der Waals surface area contributed by atoms with Gasteiger partial charge in [0.25, 0.3) is 0 Å². The van der Waals surface area contributed by atoms with E-state index in [4.69, 9.17) is 0 Å². The van der Waals surface area contributed by atoms with Crippen molar-refractivity contribution in [2.24, 2.45) is 0 Å². The number of carboxylic acids is 1. The van der Waals surface area contributed by atoms with Gasteiger partial charge in [-0.3, -0.25) is 4.79 Å². The lowest BCUT2D eigenvalue weighted by molar-refractivity contribution is -0.140. The third-order valence-corrected chi connectivity index (χ3v) is 11.0. The Labute approximate surface area is 259 Å². The van der Waals surface area contributed by atoms with E-state index < -0.39 is 10.7 Å². The van der Waals surface area contributed by atoms with Gasteiger partial charge >= 0.3 is 5.97 Å². The first-order chi connectivity index (χ1) is 20.1. The summed E-state index contributed by atoms with van der Waals surface area (Å²) < 4.78 is -0.712. The topological polar surface area (TPSA) is 37.3 Å². The lowest BCUT2D eigenvalue weighted by Gasteiger charge is -2.26. The van der Waals surface area contributed by atoms with Crippen molar-refractivity contribution in [3.63, 3.8) is 0 Å². The third kappa shape index (κ3) is 15.4. The lowest BCUT2D eigenvalue weighted by atomic mass is 9.83. The molecule has 0 aromatic heterocycles. The number of unbranched alkanes of at least 4 members (excludes halogenated alkanes) is 25. The number of hydrogen-bond acceptors (Lipinski definition) is 2. The Hall–Kier alpha value is -0.960. The zero-order valence-corrected chi connectivity index (χ0v) is 28.1. The molecule has 0 amide bonds. The Bertz CT molecular complexity index is 777. The molecule has 1 heterocycles. The molecule has 0 saturated carbocycles. The van der Waals surface area contributed by atoms with Crippen LogP contribution < -0.4 is 0 Å². The van der Waals surface area contributed by atoms with Crippen LogP contribution in [0.15, 0.2) is 29.2 Å². The van der Waals surface area contributed by atoms with Crippen molar-refractivity contribution in [2.45, 2.75) is 203 Å². The molecular weight excluding hydrogens is 520 g/mol. The second-order valence-corrected chi connectivity index (χ2v) is 14.7. The maximum atomic E-state index is 12.0. The number of fused-ring (bicyclic) bond motifs is 1. The number of benzene rings is 1. The van der Waals surface area contributed by atoms with Gasteiger partial charge < -0.3 is 5.11 Å². The van der Waals surface area contributed by atoms with E-state index >= 15 is 0 Å². The molecule has 1 aromatic rings. The summed E-state index contributed by atoms with van der Waals surface area (Å²) >= 11 is 1.55. The van der Waals surface area contributed by atoms with Crippen LogP contribution in [0.3, 0.4) is 0 Å². The Morgan fingerprint density at radius 3 is 1.32 bits per heavy atom. The monoisotopic (exact) mass is 586 g/mol. The quantitative estimate of drug-likeness (QED) is 0.0992. The van der Waals surface area contributed by atoms with E-state index in [1.807, 2.05) is 13.0 Å². The number of rotatable bonds is 28. The lowest BCUT2D eigenvalue weighted by Crippen LogP contribution is -2.35. The van der Waals surface area contributed by atoms with Gasteiger partial charge in [0.2, 0.25) is 0 Å². The molecule has 0 aliphatic carbocycles. The summed E-state index contributed by atoms with van der Waals surface area (Å²) in [4.78, 5) is 13.2. The third-order valence-electron chi connectivity index (χ3n) is 9.55. The van der Waals surface area contributed by atoms with Gasteiger partial charge in [0.05, 0.1) is 0 Å². The van der Waals surface area contributed by atoms with Crippen LogP contribution in [0, 0.1) is 0 Å². The fourth-order valence-corrected chi connectivity index (χ4v) is 8.15. The van der Waals surface area contributed by atoms with Crippen LogP contribution in [0.25, 0.3) is 0 Å². The average Bonchev–Trinajstić information content (AvgIpc) is 3.27. The second kappa shape index (κ2) is 23.5. The molecule has 0 spiro atoms. The normalized spacial score (nSPS) is 18.1. The van der Waals surface area contributed by atoms with Crippen LogP contribution >= 0.6 is 11.8 Å². The fraction of sp³-hybridized carbons (Fsp3) is 0.816. The second-order valence-electron chi connectivity index (χ2n) is 13.2. The molecule has 2 atom stereocenters. The summed E-state index contributed by atoms with van der Waals surface area (Å²) in [6.07, 6.45) is 37.7. The van der Waals surface area contributed by atoms with Crippen molar-refractivity contribution < 1.29 is 9.90 Å². The summed E-state index contributed by atoms with van der Waals surface area (Å²) in [6.45, 7) is 4.22. The minimum absolute atomic E-state index is 0.135. The highest BCUT2D eigenvalue weighted by Crippen LogP contribution is 2.55. The zero-order chi connectivity index (χ0) is 29.4. The Morgan fingerprint density at radius 2 is 0.951 bits per heavy atom. The molecule has 0 bridgehead atoms. The smallest absolute Gasteiger partial charge is 0.320 e. The largest absolute Gasteiger partial charge is 0.480 e. The highest BCUT2D eigenvalue weighted by Gasteiger charge is 2.48. The zero-order valence-electron chi connectivity index (χ0n) is 27.2. The number of carbonyl (C=O) groups is 1. The van der Waals surface area contributed by atoms with E-state index in [9.17, 15) is 9.90 Å². The first-order valence-corrected chi connectivity index (χ1v) is 18.9. The predicted octanol–water partition coefficient (Wildman–Crippen LogP) is 13.3. The summed E-state index contributed by atoms with van der Waals surface area (Å²) in [5, 5.41) is 9.89. The summed E-state index contributed by atoms with van der Waals surface area (Å²) in [7, 11) is 0. The van der Waals surface area contributed by atoms with E-state index in [0.717, 1.165) is 17.7 Å². The van der Waals surface area contributed by atoms with E-state index in [-0.39, 0.29) is 5.92 Å². The Morgan fingerprint density at radius 1 is 0.610 bits per heavy atom. The van der Waals surface area contributed by atoms with Gasteiger partial charge in [-0.05, 0) is 25.0 Å². The van der Waals surface area contributed by atoms with Crippen molar-refractivity contribution in [3.05, 3.63) is 29.8 Å². The minimum Gasteiger partial charge on any atom is -0.480 e. The molecular formula is C38H66O2S. The maximum absolute atomic E-state index is 12.0. The van der Waals surface area contributed by atoms with Crippen molar-refractivity contribution >= 4 is 17.7 Å². The average molecular weight is 587 g/mol. The SMILES string of the molecule is CCCCCCCCCCCCCCCCCCCCCCCCCCCCC1c2ccccc2SC1(C)C(=O)O. The van der Waals surface area contributed by atoms with Crippen LogP contribution in [-0.2, 0) is 4.79 Å². The van der Waals surface area contributed by atoms with Crippen LogP contribution in [-0.4, -0.2) is 15.8 Å². The first kappa shape index (κ1) is 36.2. The maximum Gasteiger partial charge on any atom is 0.320 e. The van der Waals surface area contributed by atoms with Crippen LogP contribution in [0.1, 0.15) is 199 Å². The molecule has 1 aliphatic rings. The molecule has 2 unspecified atom stereocenters. The van der Waals surface area contributed by atoms with Gasteiger partial charge in [0, 0.05) is 10.8 Å². The van der Waals surface area contributed by atoms with Gasteiger partial charge in [0.1, 0.15) is 4.75 Å². The molecule has 41 heavy (non-hydrogen) atoms. The molecule has 2 nitrogen and oxygen atoms in total. The van der Waals surface area contributed by atoms with E-state index in [1.54, 1.807) is 11.8 Å². The highest BCUT2D eigenvalue weighted by atomic mass is 32.2. The van der Waals surface area contributed by atoms with Gasteiger partial charge in [-0.25, -0.2) is 0 Å². The molecule has 0 radical (unpaired) electrons. The van der Waals surface area contributed by atoms with Crippen molar-refractivity contribution in [3.8, 4) is 0 Å². The number of hydrogen-bond donors (Lipinski definition) is 1. The standard InChI is InChI=1S/C38H66O2S/c1-3-4-5-6-7-8-9-10-11-12-13-14-15-16-17-18-19-20-21-22-23-24-25-26-27-28-32-35-34-31-29-30-33-36(34)41-38(35,2)37(39)40/h29-31,33,35H,3-28,32H2,1-2H3,(H,39,40). The number of aliphatic carboxylic acids is 1. The molecule has 1 aliphatic heterocycles. The molecule has 2 rings (SSSR count). The van der Waals surface area contributed by atoms with Gasteiger partial charge in [-0.2, -0.15) is 0 Å². The van der Waals surface area contributed by atoms with Crippen LogP contribution in [0.2, 0.25) is 0 Å². The summed E-state index contributed by atoms with van der Waals surface area (Å²) in [5.74, 6) is -0.533. The summed E-state index contributed by atoms with van der Waals surface area (Å²) in [5.41, 5.74) is 1.25. The van der Waals surface area contributed by atoms with Crippen molar-refractivity contribution in [1.29, 1.82) is 0 Å². The van der Waals surface area contributed by atoms with Crippen molar-refractivity contribution in [2.75, 3.05) is 0 Å². The van der Waals surface area contributed by atoms with Gasteiger partial charge in [0.15, 0.2) is 0 Å². The molecule has 1 N–H and O–H groups in total. The number of thioether (sulfide) groups is 1. The minimum atomic E-state index is -0.712. The Balaban J connectivity index is 1.29. The molecule has 236 valence electrons. The molecule has 1 aromatic carbocycles. The van der Waals surface area contributed by atoms with Crippen LogP contribution in [0.5, 0.6) is 0 Å². The van der Waals surface area contributed by atoms with Gasteiger partial charge in [-0.1, -0.05) is 192 Å². The molecule has 0 fully saturated rings. The Kier molecular flexibility index (Phi) is 20.8. The van der Waals surface area contributed by atoms with Crippen molar-refractivity contribution in [1.82, 2.24) is 0 Å². The van der Waals surface area contributed by atoms with E-state index in [1.165, 1.54) is 166 Å². The number of carboxylic acid groups (broad SMARTS) is 1. The highest BCUT2D eigenvalue weighted by molar-refractivity contribution is 8.01. The molecule has 3 heteroatoms. The predicted molar refractivity (Wildman–Crippen MR) is 181 cm³/mol. The van der Waals surface area contributed by atoms with Gasteiger partial charge in [-0.15, -0.1) is 11.8 Å².